The number of nitrogens with zero attached hydrogens (tertiary/aromatic N) is 3. The van der Waals surface area contributed by atoms with E-state index < -0.39 is 6.10 Å². The average molecular weight is 350 g/mol. The zero-order valence-corrected chi connectivity index (χ0v) is 14.2. The van der Waals surface area contributed by atoms with Gasteiger partial charge in [-0.25, -0.2) is 9.97 Å². The molecule has 1 N–H and O–H groups in total. The molecule has 1 aliphatic rings. The highest BCUT2D eigenvalue weighted by Crippen LogP contribution is 2.33. The first-order valence-electron chi connectivity index (χ1n) is 8.34. The number of carbonyl (C=O) groups excluding carboxylic acids is 1. The molecule has 2 atom stereocenters. The maximum Gasteiger partial charge on any atom is 0.265 e. The molecule has 132 valence electrons. The Morgan fingerprint density at radius 3 is 2.69 bits per heavy atom. The molecule has 1 aliphatic heterocycles. The number of amides is 1. The predicted molar refractivity (Wildman–Crippen MR) is 94.2 cm³/mol. The van der Waals surface area contributed by atoms with Gasteiger partial charge in [-0.1, -0.05) is 18.2 Å². The minimum absolute atomic E-state index is 0.217. The van der Waals surface area contributed by atoms with Crippen molar-refractivity contribution < 1.29 is 14.3 Å². The summed E-state index contributed by atoms with van der Waals surface area (Å²) in [6.45, 7) is 2.19. The van der Waals surface area contributed by atoms with Crippen LogP contribution in [0.15, 0.2) is 61.3 Å². The summed E-state index contributed by atoms with van der Waals surface area (Å²) in [6.07, 6.45) is 5.87. The largest absolute Gasteiger partial charge is 0.482 e. The van der Waals surface area contributed by atoms with Crippen LogP contribution < -0.4 is 14.8 Å². The van der Waals surface area contributed by atoms with Gasteiger partial charge < -0.3 is 14.8 Å². The SMILES string of the molecule is CC1Oc2ccccc2OC1C(=O)NCc1ccc(-n2ccnc2)nc1. The van der Waals surface area contributed by atoms with Crippen molar-refractivity contribution in [3.05, 3.63) is 66.9 Å². The topological polar surface area (TPSA) is 78.3 Å². The molecule has 0 radical (unpaired) electrons. The maximum absolute atomic E-state index is 12.5. The molecule has 0 fully saturated rings. The zero-order valence-electron chi connectivity index (χ0n) is 14.2. The first-order valence-corrected chi connectivity index (χ1v) is 8.34. The maximum atomic E-state index is 12.5. The van der Waals surface area contributed by atoms with Crippen molar-refractivity contribution in [2.75, 3.05) is 0 Å². The highest BCUT2D eigenvalue weighted by Gasteiger charge is 2.33. The summed E-state index contributed by atoms with van der Waals surface area (Å²) in [7, 11) is 0. The summed E-state index contributed by atoms with van der Waals surface area (Å²) in [4.78, 5) is 20.9. The van der Waals surface area contributed by atoms with Crippen LogP contribution in [0.2, 0.25) is 0 Å². The van der Waals surface area contributed by atoms with Crippen LogP contribution in [0.25, 0.3) is 5.82 Å². The highest BCUT2D eigenvalue weighted by atomic mass is 16.6. The lowest BCUT2D eigenvalue weighted by Crippen LogP contribution is -2.48. The fourth-order valence-corrected chi connectivity index (χ4v) is 2.76. The zero-order chi connectivity index (χ0) is 17.9. The summed E-state index contributed by atoms with van der Waals surface area (Å²) in [5, 5.41) is 2.88. The van der Waals surface area contributed by atoms with Crippen LogP contribution in [0.4, 0.5) is 0 Å². The van der Waals surface area contributed by atoms with E-state index in [2.05, 4.69) is 15.3 Å². The number of nitrogens with one attached hydrogen (secondary N) is 1. The van der Waals surface area contributed by atoms with E-state index in [1.807, 2.05) is 48.0 Å². The Balaban J connectivity index is 1.38. The quantitative estimate of drug-likeness (QED) is 0.780. The van der Waals surface area contributed by atoms with Crippen LogP contribution >= 0.6 is 0 Å². The van der Waals surface area contributed by atoms with E-state index in [1.165, 1.54) is 0 Å². The number of imidazole rings is 1. The van der Waals surface area contributed by atoms with Gasteiger partial charge in [-0.05, 0) is 30.7 Å². The Labute approximate surface area is 150 Å². The van der Waals surface area contributed by atoms with E-state index in [9.17, 15) is 4.79 Å². The molecule has 4 rings (SSSR count). The Hall–Kier alpha value is -3.35. The molecule has 2 unspecified atom stereocenters. The fourth-order valence-electron chi connectivity index (χ4n) is 2.76. The van der Waals surface area contributed by atoms with Crippen molar-refractivity contribution in [1.29, 1.82) is 0 Å². The number of pyridine rings is 1. The Kier molecular flexibility index (Phi) is 4.27. The second kappa shape index (κ2) is 6.87. The number of rotatable bonds is 4. The van der Waals surface area contributed by atoms with E-state index in [0.717, 1.165) is 11.4 Å². The number of carbonyl (C=O) groups is 1. The molecule has 26 heavy (non-hydrogen) atoms. The third-order valence-corrected chi connectivity index (χ3v) is 4.15. The van der Waals surface area contributed by atoms with Crippen LogP contribution in [0.1, 0.15) is 12.5 Å². The van der Waals surface area contributed by atoms with E-state index in [4.69, 9.17) is 9.47 Å². The van der Waals surface area contributed by atoms with Gasteiger partial charge in [0.05, 0.1) is 0 Å². The van der Waals surface area contributed by atoms with Crippen LogP contribution in [-0.2, 0) is 11.3 Å². The number of para-hydroxylation sites is 2. The van der Waals surface area contributed by atoms with E-state index in [1.54, 1.807) is 24.8 Å². The normalized spacial score (nSPS) is 18.3. The number of aromatic nitrogens is 3. The summed E-state index contributed by atoms with van der Waals surface area (Å²) < 4.78 is 13.4. The van der Waals surface area contributed by atoms with Crippen LogP contribution in [0, 0.1) is 0 Å². The molecule has 0 saturated heterocycles. The summed E-state index contributed by atoms with van der Waals surface area (Å²) >= 11 is 0. The van der Waals surface area contributed by atoms with E-state index >= 15 is 0 Å². The van der Waals surface area contributed by atoms with Gasteiger partial charge in [0.2, 0.25) is 6.10 Å². The Morgan fingerprint density at radius 2 is 2.00 bits per heavy atom. The number of hydrogen-bond donors (Lipinski definition) is 1. The molecule has 1 amide bonds. The molecule has 0 bridgehead atoms. The van der Waals surface area contributed by atoms with Gasteiger partial charge in [0.1, 0.15) is 18.2 Å². The molecule has 3 heterocycles. The predicted octanol–water partition coefficient (Wildman–Crippen LogP) is 2.11. The molecule has 3 aromatic rings. The third kappa shape index (κ3) is 3.23. The number of hydrogen-bond acceptors (Lipinski definition) is 5. The van der Waals surface area contributed by atoms with Gasteiger partial charge in [0.25, 0.3) is 5.91 Å². The van der Waals surface area contributed by atoms with Crippen LogP contribution in [0.3, 0.4) is 0 Å². The second-order valence-corrected chi connectivity index (χ2v) is 6.02. The molecule has 0 spiro atoms. The molecule has 0 aliphatic carbocycles. The smallest absolute Gasteiger partial charge is 0.265 e. The van der Waals surface area contributed by atoms with Gasteiger partial charge in [-0.15, -0.1) is 0 Å². The van der Waals surface area contributed by atoms with E-state index in [-0.39, 0.29) is 12.0 Å². The van der Waals surface area contributed by atoms with Gasteiger partial charge in [0, 0.05) is 25.1 Å². The summed E-state index contributed by atoms with van der Waals surface area (Å²) in [6, 6.07) is 11.1. The molecule has 2 aromatic heterocycles. The fraction of sp³-hybridized carbons (Fsp3) is 0.211. The van der Waals surface area contributed by atoms with Crippen molar-refractivity contribution in [2.45, 2.75) is 25.7 Å². The third-order valence-electron chi connectivity index (χ3n) is 4.15. The lowest BCUT2D eigenvalue weighted by molar-refractivity contribution is -0.133. The van der Waals surface area contributed by atoms with Gasteiger partial charge in [0.15, 0.2) is 11.5 Å². The van der Waals surface area contributed by atoms with Crippen molar-refractivity contribution in [3.63, 3.8) is 0 Å². The van der Waals surface area contributed by atoms with Crippen molar-refractivity contribution in [1.82, 2.24) is 19.9 Å². The second-order valence-electron chi connectivity index (χ2n) is 6.02. The van der Waals surface area contributed by atoms with Gasteiger partial charge >= 0.3 is 0 Å². The Bertz CT molecular complexity index is 893. The molecule has 7 heteroatoms. The summed E-state index contributed by atoms with van der Waals surface area (Å²) in [5.74, 6) is 1.79. The minimum Gasteiger partial charge on any atom is -0.482 e. The molecular formula is C19H18N4O3. The molecule has 7 nitrogen and oxygen atoms in total. The first kappa shape index (κ1) is 16.1. The minimum atomic E-state index is -0.692. The average Bonchev–Trinajstić information content (AvgIpc) is 3.21. The van der Waals surface area contributed by atoms with Crippen LogP contribution in [-0.4, -0.2) is 32.7 Å². The first-order chi connectivity index (χ1) is 12.7. The van der Waals surface area contributed by atoms with Gasteiger partial charge in [-0.2, -0.15) is 0 Å². The molecule has 1 aromatic carbocycles. The lowest BCUT2D eigenvalue weighted by atomic mass is 10.1. The monoisotopic (exact) mass is 350 g/mol. The van der Waals surface area contributed by atoms with Crippen molar-refractivity contribution in [3.8, 4) is 17.3 Å². The summed E-state index contributed by atoms with van der Waals surface area (Å²) in [5.41, 5.74) is 0.895. The van der Waals surface area contributed by atoms with Crippen LogP contribution in [0.5, 0.6) is 11.5 Å². The number of fused-ring (bicyclic) bond motifs is 1. The number of ether oxygens (including phenoxy) is 2. The Morgan fingerprint density at radius 1 is 1.19 bits per heavy atom. The van der Waals surface area contributed by atoms with Crippen molar-refractivity contribution in [2.24, 2.45) is 0 Å². The molecule has 0 saturated carbocycles. The number of benzene rings is 1. The van der Waals surface area contributed by atoms with Gasteiger partial charge in [-0.3, -0.25) is 9.36 Å². The van der Waals surface area contributed by atoms with Crippen molar-refractivity contribution >= 4 is 5.91 Å². The lowest BCUT2D eigenvalue weighted by Gasteiger charge is -2.31. The molecular weight excluding hydrogens is 332 g/mol. The highest BCUT2D eigenvalue weighted by molar-refractivity contribution is 5.82. The van der Waals surface area contributed by atoms with E-state index in [0.29, 0.717) is 18.0 Å². The standard InChI is InChI=1S/C19H18N4O3/c1-13-18(26-16-5-3-2-4-15(16)25-13)19(24)22-11-14-6-7-17(21-10-14)23-9-8-20-12-23/h2-10,12-13,18H,11H2,1H3,(H,22,24).